The third kappa shape index (κ3) is 43.1. The Morgan fingerprint density at radius 2 is 1.17 bits per heavy atom. The first-order valence-corrected chi connectivity index (χ1v) is 5.76. The van der Waals surface area contributed by atoms with Crippen molar-refractivity contribution >= 4 is 20.1 Å². The summed E-state index contributed by atoms with van der Waals surface area (Å²) in [6.07, 6.45) is 0. The molecule has 6 heavy (non-hydrogen) atoms. The molecule has 0 atom stereocenters. The van der Waals surface area contributed by atoms with Crippen molar-refractivity contribution in [2.24, 2.45) is 9.43 Å². The molecule has 0 amide bonds. The Kier molecular flexibility index (Phi) is 6.55. The molecule has 6 heteroatoms. The van der Waals surface area contributed by atoms with Gasteiger partial charge in [-0.05, 0) is 0 Å². The van der Waals surface area contributed by atoms with Gasteiger partial charge in [0.15, 0.2) is 0 Å². The van der Waals surface area contributed by atoms with Crippen LogP contribution in [0.3, 0.4) is 0 Å². The zero-order chi connectivity index (χ0) is 4.50. The summed E-state index contributed by atoms with van der Waals surface area (Å²) < 4.78 is 9.64. The van der Waals surface area contributed by atoms with Crippen LogP contribution in [0.2, 0.25) is 0 Å². The summed E-state index contributed by atoms with van der Waals surface area (Å²) in [5.74, 6) is 0. The van der Waals surface area contributed by atoms with E-state index in [4.69, 9.17) is 29.5 Å². The van der Waals surface area contributed by atoms with Crippen LogP contribution in [-0.2, 0) is 32.7 Å². The maximum Gasteiger partial charge on any atom is 0 e. The molecule has 0 aromatic heterocycles. The molecule has 0 spiro atoms. The Morgan fingerprint density at radius 3 is 1.17 bits per heavy atom. The Hall–Kier alpha value is 1.72. The molecular formula is H4Cl2CrN2Pt. The summed E-state index contributed by atoms with van der Waals surface area (Å²) in [5, 5.41) is 0. The summed E-state index contributed by atoms with van der Waals surface area (Å²) in [7, 11) is 10.0. The van der Waals surface area contributed by atoms with Gasteiger partial charge in [0.1, 0.15) is 0 Å². The quantitative estimate of drug-likeness (QED) is 0.656. The minimum Gasteiger partial charge on any atom is 0 e. The van der Waals surface area contributed by atoms with Gasteiger partial charge >= 0.3 is 41.2 Å². The van der Waals surface area contributed by atoms with Crippen LogP contribution in [0.5, 0.6) is 0 Å². The van der Waals surface area contributed by atoms with Crippen molar-refractivity contribution in [1.29, 1.82) is 0 Å². The molecule has 0 aliphatic rings. The molecule has 2 nitrogen and oxygen atoms in total. The Morgan fingerprint density at radius 1 is 1.17 bits per heavy atom. The summed E-state index contributed by atoms with van der Waals surface area (Å²) in [6, 6.07) is 0. The third-order valence-electron chi connectivity index (χ3n) is 0. The molecule has 0 aliphatic carbocycles. The number of hydrogen-bond donors (Lipinski definition) is 2. The molecule has 0 aromatic carbocycles. The maximum absolute atomic E-state index is 5.01. The minimum atomic E-state index is -2.81. The van der Waals surface area contributed by atoms with Crippen molar-refractivity contribution in [3.63, 3.8) is 0 Å². The van der Waals surface area contributed by atoms with Crippen molar-refractivity contribution in [2.75, 3.05) is 0 Å². The van der Waals surface area contributed by atoms with E-state index in [0.717, 1.165) is 0 Å². The smallest absolute Gasteiger partial charge is 0 e. The number of rotatable bonds is 0. The molecule has 0 radical (unpaired) electrons. The summed E-state index contributed by atoms with van der Waals surface area (Å²) in [4.78, 5) is 0. The van der Waals surface area contributed by atoms with E-state index in [9.17, 15) is 0 Å². The second-order valence-electron chi connectivity index (χ2n) is 0.551. The van der Waals surface area contributed by atoms with E-state index in [1.807, 2.05) is 0 Å². The van der Waals surface area contributed by atoms with Gasteiger partial charge < -0.3 is 0 Å². The third-order valence-corrected chi connectivity index (χ3v) is 0. The van der Waals surface area contributed by atoms with E-state index in [1.165, 1.54) is 0 Å². The molecule has 0 aromatic rings. The molecule has 0 bridgehead atoms. The SMILES string of the molecule is [NH2][Cr]([NH2])([Cl])[Cl].[Pt]. The number of hydrogen-bond acceptors (Lipinski definition) is 2. The molecule has 0 aliphatic heterocycles. The fourth-order valence-electron chi connectivity index (χ4n) is 0. The summed E-state index contributed by atoms with van der Waals surface area (Å²) in [5.41, 5.74) is 0. The van der Waals surface area contributed by atoms with Gasteiger partial charge in [0.25, 0.3) is 0 Å². The Bertz CT molecular complexity index is 27.0. The number of halogens is 2. The van der Waals surface area contributed by atoms with Gasteiger partial charge in [-0.1, -0.05) is 0 Å². The largest absolute Gasteiger partial charge is 0 e. The van der Waals surface area contributed by atoms with E-state index in [-0.39, 0.29) is 21.1 Å². The van der Waals surface area contributed by atoms with Gasteiger partial charge in [-0.25, -0.2) is 0 Å². The van der Waals surface area contributed by atoms with Crippen LogP contribution < -0.4 is 9.43 Å². The molecule has 4 N–H and O–H groups in total. The van der Waals surface area contributed by atoms with E-state index in [0.29, 0.717) is 0 Å². The van der Waals surface area contributed by atoms with Crippen molar-refractivity contribution in [1.82, 2.24) is 0 Å². The predicted molar refractivity (Wildman–Crippen MR) is 20.1 cm³/mol. The molecule has 0 fully saturated rings. The molecule has 0 saturated carbocycles. The molecule has 44 valence electrons. The first-order chi connectivity index (χ1) is 2.00. The van der Waals surface area contributed by atoms with E-state index in [2.05, 4.69) is 0 Å². The zero-order valence-electron chi connectivity index (χ0n) is 2.64. The van der Waals surface area contributed by atoms with Crippen molar-refractivity contribution in [3.05, 3.63) is 0 Å². The molecule has 0 heterocycles. The van der Waals surface area contributed by atoms with Gasteiger partial charge in [-0.2, -0.15) is 0 Å². The normalized spacial score (nSPS) is 12.7. The van der Waals surface area contributed by atoms with Crippen LogP contribution in [0.4, 0.5) is 0 Å². The van der Waals surface area contributed by atoms with Crippen molar-refractivity contribution < 1.29 is 32.7 Å². The average Bonchev–Trinajstić information content (AvgIpc) is 0.722. The fourth-order valence-corrected chi connectivity index (χ4v) is 0. The Balaban J connectivity index is 0. The molecule has 0 saturated heterocycles. The van der Waals surface area contributed by atoms with Gasteiger partial charge in [0, 0.05) is 21.1 Å². The van der Waals surface area contributed by atoms with Crippen LogP contribution in [0.25, 0.3) is 0 Å². The second-order valence-corrected chi connectivity index (χ2v) is 7.13. The van der Waals surface area contributed by atoms with E-state index < -0.39 is 11.7 Å². The molecule has 0 rings (SSSR count). The topological polar surface area (TPSA) is 52.0 Å². The van der Waals surface area contributed by atoms with E-state index >= 15 is 0 Å². The first-order valence-electron chi connectivity index (χ1n) is 0.780. The van der Waals surface area contributed by atoms with Gasteiger partial charge in [0.2, 0.25) is 0 Å². The predicted octanol–water partition coefficient (Wildman–Crippen LogP) is 0.193. The first kappa shape index (κ1) is 10.7. The van der Waals surface area contributed by atoms with Gasteiger partial charge in [-0.15, -0.1) is 0 Å². The molecular weight excluding hydrogens is 346 g/mol. The molecule has 0 unspecified atom stereocenters. The Labute approximate surface area is 61.9 Å². The fraction of sp³-hybridized carbons (Fsp3) is 0. The van der Waals surface area contributed by atoms with Crippen LogP contribution in [0, 0.1) is 0 Å². The maximum atomic E-state index is 5.01. The van der Waals surface area contributed by atoms with Crippen LogP contribution in [0.15, 0.2) is 0 Å². The van der Waals surface area contributed by atoms with Crippen molar-refractivity contribution in [2.45, 2.75) is 0 Å². The van der Waals surface area contributed by atoms with E-state index in [1.54, 1.807) is 0 Å². The van der Waals surface area contributed by atoms with Gasteiger partial charge in [0.05, 0.1) is 0 Å². The van der Waals surface area contributed by atoms with Crippen LogP contribution >= 0.6 is 20.1 Å². The minimum absolute atomic E-state index is 0. The summed E-state index contributed by atoms with van der Waals surface area (Å²) >= 11 is -2.81. The monoisotopic (exact) mass is 349 g/mol. The second kappa shape index (κ2) is 3.69. The average molecular weight is 350 g/mol. The summed E-state index contributed by atoms with van der Waals surface area (Å²) in [6.45, 7) is 0. The standard InChI is InChI=1S/2ClH.Cr.2H2N.Pt/h2*1H;;2*1H2;/q;;+4;2*-1;/p-2. The number of nitrogens with two attached hydrogens (primary N) is 2. The van der Waals surface area contributed by atoms with Crippen LogP contribution in [-0.4, -0.2) is 0 Å². The van der Waals surface area contributed by atoms with Crippen LogP contribution in [0.1, 0.15) is 0 Å². The van der Waals surface area contributed by atoms with Gasteiger partial charge in [-0.3, -0.25) is 0 Å². The zero-order valence-corrected chi connectivity index (χ0v) is 7.69. The van der Waals surface area contributed by atoms with Crippen molar-refractivity contribution in [3.8, 4) is 0 Å².